The molecule has 6 heteroatoms. The lowest BCUT2D eigenvalue weighted by atomic mass is 10.0. The van der Waals surface area contributed by atoms with Crippen LogP contribution >= 0.6 is 0 Å². The summed E-state index contributed by atoms with van der Waals surface area (Å²) in [5.74, 6) is 0.620. The maximum atomic E-state index is 9.19. The number of para-hydroxylation sites is 2. The summed E-state index contributed by atoms with van der Waals surface area (Å²) < 4.78 is 25.9. The van der Waals surface area contributed by atoms with E-state index in [1.807, 2.05) is 0 Å². The molecule has 1 aliphatic heterocycles. The molecule has 2 aromatic rings. The van der Waals surface area contributed by atoms with Gasteiger partial charge in [-0.2, -0.15) is 8.42 Å². The van der Waals surface area contributed by atoms with Gasteiger partial charge in [0.25, 0.3) is 10.1 Å². The van der Waals surface area contributed by atoms with Crippen molar-refractivity contribution in [2.24, 2.45) is 5.92 Å². The van der Waals surface area contributed by atoms with E-state index in [2.05, 4.69) is 79.3 Å². The Hall–Kier alpha value is -1.89. The number of fused-ring (bicyclic) bond motifs is 2. The van der Waals surface area contributed by atoms with Crippen molar-refractivity contribution in [3.63, 3.8) is 0 Å². The third-order valence-electron chi connectivity index (χ3n) is 4.40. The molecular formula is C21H30N2O3S. The van der Waals surface area contributed by atoms with Crippen LogP contribution in [0.25, 0.3) is 0 Å². The van der Waals surface area contributed by atoms with Gasteiger partial charge in [0.1, 0.15) is 0 Å². The van der Waals surface area contributed by atoms with Crippen LogP contribution in [0, 0.1) is 5.92 Å². The fraction of sp³-hybridized carbons (Fsp3) is 0.429. The minimum Gasteiger partial charge on any atom is -0.341 e. The Bertz CT molecular complexity index is 795. The summed E-state index contributed by atoms with van der Waals surface area (Å²) in [6.07, 6.45) is 2.98. The van der Waals surface area contributed by atoms with E-state index >= 15 is 0 Å². The van der Waals surface area contributed by atoms with Crippen LogP contribution in [0.15, 0.2) is 48.5 Å². The summed E-state index contributed by atoms with van der Waals surface area (Å²) in [7, 11) is 0.641. The molecule has 148 valence electrons. The largest absolute Gasteiger partial charge is 0.341 e. The lowest BCUT2D eigenvalue weighted by molar-refractivity contribution is 0.343. The Labute approximate surface area is 163 Å². The normalized spacial score (nSPS) is 14.5. The maximum Gasteiger partial charge on any atom is 0.261 e. The summed E-state index contributed by atoms with van der Waals surface area (Å²) >= 11 is 0. The average Bonchev–Trinajstić information content (AvgIpc) is 2.71. The van der Waals surface area contributed by atoms with Gasteiger partial charge in [-0.05, 0) is 56.1 Å². The highest BCUT2D eigenvalue weighted by Crippen LogP contribution is 2.36. The molecule has 1 atom stereocenters. The molecule has 0 unspecified atom stereocenters. The molecule has 27 heavy (non-hydrogen) atoms. The van der Waals surface area contributed by atoms with E-state index in [1.54, 1.807) is 0 Å². The first-order valence-electron chi connectivity index (χ1n) is 9.15. The van der Waals surface area contributed by atoms with Gasteiger partial charge < -0.3 is 9.80 Å². The first kappa shape index (κ1) is 21.4. The molecule has 0 radical (unpaired) electrons. The molecule has 2 aromatic carbocycles. The van der Waals surface area contributed by atoms with E-state index in [1.165, 1.54) is 22.5 Å². The summed E-state index contributed by atoms with van der Waals surface area (Å²) in [5.41, 5.74) is 5.71. The first-order valence-corrected chi connectivity index (χ1v) is 11.0. The van der Waals surface area contributed by atoms with Gasteiger partial charge in [0.15, 0.2) is 0 Å². The van der Waals surface area contributed by atoms with Crippen molar-refractivity contribution in [1.82, 2.24) is 4.90 Å². The Balaban J connectivity index is 0.000000465. The molecule has 0 fully saturated rings. The number of rotatable bonds is 4. The standard InChI is InChI=1S/C20H26N2.CH4O3S/c1-16(14-21(2)3)15-22-19-10-6-4-8-17(19)12-13-18-9-5-7-11-20(18)22;1-5(2,3)4/h4-11,16H,12-15H2,1-3H3;1H3,(H,2,3,4)/t16-;/m1./s1. The van der Waals surface area contributed by atoms with Gasteiger partial charge in [-0.3, -0.25) is 4.55 Å². The van der Waals surface area contributed by atoms with Crippen molar-refractivity contribution in [2.75, 3.05) is 38.3 Å². The molecule has 0 aromatic heterocycles. The first-order chi connectivity index (χ1) is 12.6. The predicted molar refractivity (Wildman–Crippen MR) is 112 cm³/mol. The second-order valence-corrected chi connectivity index (χ2v) is 8.93. The number of benzene rings is 2. The zero-order valence-corrected chi connectivity index (χ0v) is 17.4. The van der Waals surface area contributed by atoms with E-state index in [0.29, 0.717) is 12.2 Å². The van der Waals surface area contributed by atoms with Gasteiger partial charge in [-0.15, -0.1) is 0 Å². The summed E-state index contributed by atoms with van der Waals surface area (Å²) in [6, 6.07) is 17.8. The molecular weight excluding hydrogens is 360 g/mol. The Morgan fingerprint density at radius 2 is 1.41 bits per heavy atom. The third-order valence-corrected chi connectivity index (χ3v) is 4.40. The van der Waals surface area contributed by atoms with E-state index in [-0.39, 0.29) is 0 Å². The molecule has 5 nitrogen and oxygen atoms in total. The van der Waals surface area contributed by atoms with Gasteiger partial charge in [0.05, 0.1) is 6.26 Å². The van der Waals surface area contributed by atoms with Crippen LogP contribution in [-0.4, -0.2) is 51.3 Å². The number of hydrogen-bond acceptors (Lipinski definition) is 4. The van der Waals surface area contributed by atoms with Crippen LogP contribution in [0.3, 0.4) is 0 Å². The number of anilines is 2. The van der Waals surface area contributed by atoms with Gasteiger partial charge in [-0.25, -0.2) is 0 Å². The molecule has 0 saturated heterocycles. The van der Waals surface area contributed by atoms with Crippen molar-refractivity contribution in [2.45, 2.75) is 19.8 Å². The van der Waals surface area contributed by atoms with Crippen molar-refractivity contribution in [3.8, 4) is 0 Å². The van der Waals surface area contributed by atoms with Crippen LogP contribution in [0.2, 0.25) is 0 Å². The summed E-state index contributed by atoms with van der Waals surface area (Å²) in [6.45, 7) is 4.52. The second-order valence-electron chi connectivity index (χ2n) is 7.47. The Kier molecular flexibility index (Phi) is 7.41. The van der Waals surface area contributed by atoms with Gasteiger partial charge >= 0.3 is 0 Å². The highest BCUT2D eigenvalue weighted by Gasteiger charge is 2.21. The SMILES string of the molecule is CS(=O)(=O)O.C[C@H](CN(C)C)CN1c2ccccc2CCc2ccccc21. The van der Waals surface area contributed by atoms with Crippen LogP contribution in [-0.2, 0) is 23.0 Å². The summed E-state index contributed by atoms with van der Waals surface area (Å²) in [4.78, 5) is 4.81. The summed E-state index contributed by atoms with van der Waals surface area (Å²) in [5, 5.41) is 0. The highest BCUT2D eigenvalue weighted by atomic mass is 32.2. The van der Waals surface area contributed by atoms with Crippen LogP contribution in [0.4, 0.5) is 11.4 Å². The van der Waals surface area contributed by atoms with Crippen LogP contribution < -0.4 is 4.90 Å². The monoisotopic (exact) mass is 390 g/mol. The molecule has 1 aliphatic rings. The van der Waals surface area contributed by atoms with Gasteiger partial charge in [0, 0.05) is 24.5 Å². The number of nitrogens with zero attached hydrogens (tertiary/aromatic N) is 2. The van der Waals surface area contributed by atoms with E-state index in [9.17, 15) is 8.42 Å². The molecule has 0 amide bonds. The maximum absolute atomic E-state index is 9.19. The Morgan fingerprint density at radius 3 is 1.81 bits per heavy atom. The molecule has 3 rings (SSSR count). The lowest BCUT2D eigenvalue weighted by Gasteiger charge is -2.30. The average molecular weight is 391 g/mol. The zero-order valence-electron chi connectivity index (χ0n) is 16.6. The quantitative estimate of drug-likeness (QED) is 0.808. The van der Waals surface area contributed by atoms with Gasteiger partial charge in [0.2, 0.25) is 0 Å². The van der Waals surface area contributed by atoms with E-state index < -0.39 is 10.1 Å². The fourth-order valence-corrected chi connectivity index (χ4v) is 3.56. The van der Waals surface area contributed by atoms with Crippen molar-refractivity contribution >= 4 is 21.5 Å². The van der Waals surface area contributed by atoms with Crippen molar-refractivity contribution in [1.29, 1.82) is 0 Å². The Morgan fingerprint density at radius 1 is 1.00 bits per heavy atom. The van der Waals surface area contributed by atoms with Crippen molar-refractivity contribution < 1.29 is 13.0 Å². The lowest BCUT2D eigenvalue weighted by Crippen LogP contribution is -2.30. The smallest absolute Gasteiger partial charge is 0.261 e. The van der Waals surface area contributed by atoms with Crippen molar-refractivity contribution in [3.05, 3.63) is 59.7 Å². The minimum absolute atomic E-state index is 0.620. The molecule has 1 heterocycles. The highest BCUT2D eigenvalue weighted by molar-refractivity contribution is 7.85. The van der Waals surface area contributed by atoms with E-state index in [0.717, 1.165) is 25.9 Å². The third kappa shape index (κ3) is 6.97. The number of hydrogen-bond donors (Lipinski definition) is 1. The molecule has 0 bridgehead atoms. The molecule has 0 spiro atoms. The second kappa shape index (κ2) is 9.35. The minimum atomic E-state index is -3.67. The van der Waals surface area contributed by atoms with E-state index in [4.69, 9.17) is 4.55 Å². The van der Waals surface area contributed by atoms with Crippen LogP contribution in [0.5, 0.6) is 0 Å². The molecule has 1 N–H and O–H groups in total. The number of aryl methyl sites for hydroxylation is 2. The van der Waals surface area contributed by atoms with Gasteiger partial charge in [-0.1, -0.05) is 43.3 Å². The molecule has 0 saturated carbocycles. The topological polar surface area (TPSA) is 60.9 Å². The van der Waals surface area contributed by atoms with Crippen LogP contribution in [0.1, 0.15) is 18.1 Å². The predicted octanol–water partition coefficient (Wildman–Crippen LogP) is 3.63. The zero-order chi connectivity index (χ0) is 20.0. The fourth-order valence-electron chi connectivity index (χ4n) is 3.56. The molecule has 0 aliphatic carbocycles.